The van der Waals surface area contributed by atoms with Gasteiger partial charge in [-0.1, -0.05) is 19.1 Å². The average Bonchev–Trinajstić information content (AvgIpc) is 2.51. The predicted molar refractivity (Wildman–Crippen MR) is 85.1 cm³/mol. The number of amides is 1. The highest BCUT2D eigenvalue weighted by molar-refractivity contribution is 5.89. The maximum atomic E-state index is 12.3. The molecule has 120 valence electrons. The number of ether oxygens (including phenoxy) is 1. The molecule has 1 aliphatic rings. The Kier molecular flexibility index (Phi) is 5.06. The zero-order valence-electron chi connectivity index (χ0n) is 13.2. The van der Waals surface area contributed by atoms with Crippen molar-refractivity contribution in [3.8, 4) is 0 Å². The van der Waals surface area contributed by atoms with Crippen LogP contribution in [0, 0.1) is 5.92 Å². The number of methoxy groups -OCH3 is 1. The minimum absolute atomic E-state index is 0.162. The molecule has 0 aliphatic heterocycles. The number of nitrogen functional groups attached to an aromatic ring is 1. The van der Waals surface area contributed by atoms with E-state index in [0.717, 1.165) is 18.4 Å². The van der Waals surface area contributed by atoms with Gasteiger partial charge in [0, 0.05) is 5.69 Å². The fourth-order valence-electron chi connectivity index (χ4n) is 2.96. The van der Waals surface area contributed by atoms with Crippen LogP contribution < -0.4 is 11.1 Å². The van der Waals surface area contributed by atoms with Crippen molar-refractivity contribution in [2.24, 2.45) is 5.92 Å². The van der Waals surface area contributed by atoms with Crippen molar-refractivity contribution in [1.29, 1.82) is 0 Å². The molecule has 1 aromatic carbocycles. The third kappa shape index (κ3) is 3.78. The van der Waals surface area contributed by atoms with Crippen LogP contribution in [0.15, 0.2) is 24.3 Å². The fraction of sp³-hybridized carbons (Fsp3) is 0.529. The molecule has 0 aromatic heterocycles. The van der Waals surface area contributed by atoms with E-state index in [1.165, 1.54) is 7.11 Å². The number of nitrogens with one attached hydrogen (secondary N) is 1. The Bertz CT molecular complexity index is 531. The second-order valence-corrected chi connectivity index (χ2v) is 6.22. The Balaban J connectivity index is 2.05. The van der Waals surface area contributed by atoms with Gasteiger partial charge in [-0.3, -0.25) is 4.79 Å². The van der Waals surface area contributed by atoms with E-state index in [0.29, 0.717) is 24.4 Å². The van der Waals surface area contributed by atoms with Gasteiger partial charge in [-0.15, -0.1) is 0 Å². The van der Waals surface area contributed by atoms with E-state index < -0.39 is 5.54 Å². The van der Waals surface area contributed by atoms with Crippen LogP contribution in [0.25, 0.3) is 0 Å². The van der Waals surface area contributed by atoms with Crippen molar-refractivity contribution in [2.75, 3.05) is 12.8 Å². The Labute approximate surface area is 131 Å². The number of rotatable bonds is 4. The quantitative estimate of drug-likeness (QED) is 0.659. The van der Waals surface area contributed by atoms with Crippen LogP contribution in [-0.2, 0) is 20.7 Å². The molecule has 1 amide bonds. The first-order valence-electron chi connectivity index (χ1n) is 7.69. The molecule has 3 N–H and O–H groups in total. The number of benzene rings is 1. The van der Waals surface area contributed by atoms with E-state index in [4.69, 9.17) is 10.5 Å². The van der Waals surface area contributed by atoms with Crippen molar-refractivity contribution in [3.63, 3.8) is 0 Å². The van der Waals surface area contributed by atoms with Crippen LogP contribution in [0.5, 0.6) is 0 Å². The van der Waals surface area contributed by atoms with E-state index in [-0.39, 0.29) is 18.3 Å². The lowest BCUT2D eigenvalue weighted by molar-refractivity contribution is -0.153. The molecule has 0 heterocycles. The third-order valence-electron chi connectivity index (χ3n) is 4.43. The van der Waals surface area contributed by atoms with Gasteiger partial charge in [0.25, 0.3) is 0 Å². The largest absolute Gasteiger partial charge is 0.467 e. The number of hydrogen-bond acceptors (Lipinski definition) is 4. The van der Waals surface area contributed by atoms with E-state index in [1.54, 1.807) is 12.1 Å². The second-order valence-electron chi connectivity index (χ2n) is 6.22. The van der Waals surface area contributed by atoms with Crippen LogP contribution in [-0.4, -0.2) is 24.5 Å². The van der Waals surface area contributed by atoms with E-state index in [9.17, 15) is 9.59 Å². The minimum atomic E-state index is -0.869. The van der Waals surface area contributed by atoms with Gasteiger partial charge in [-0.05, 0) is 49.3 Å². The molecule has 1 aliphatic carbocycles. The Morgan fingerprint density at radius 3 is 2.41 bits per heavy atom. The molecular formula is C17H24N2O3. The van der Waals surface area contributed by atoms with Crippen molar-refractivity contribution in [2.45, 2.75) is 44.6 Å². The molecule has 5 heteroatoms. The molecule has 0 spiro atoms. The van der Waals surface area contributed by atoms with E-state index in [2.05, 4.69) is 12.2 Å². The Morgan fingerprint density at radius 1 is 1.27 bits per heavy atom. The molecule has 22 heavy (non-hydrogen) atoms. The first kappa shape index (κ1) is 16.3. The van der Waals surface area contributed by atoms with Gasteiger partial charge >= 0.3 is 5.97 Å². The van der Waals surface area contributed by atoms with Crippen molar-refractivity contribution in [3.05, 3.63) is 29.8 Å². The summed E-state index contributed by atoms with van der Waals surface area (Å²) in [5.74, 6) is 0.0709. The van der Waals surface area contributed by atoms with Gasteiger partial charge in [0.15, 0.2) is 0 Å². The monoisotopic (exact) mass is 304 g/mol. The summed E-state index contributed by atoms with van der Waals surface area (Å²) in [6.07, 6.45) is 3.33. The minimum Gasteiger partial charge on any atom is -0.467 e. The molecule has 2 rings (SSSR count). The first-order valence-corrected chi connectivity index (χ1v) is 7.69. The molecule has 0 radical (unpaired) electrons. The normalized spacial score (nSPS) is 24.5. The molecule has 0 atom stereocenters. The third-order valence-corrected chi connectivity index (χ3v) is 4.43. The number of esters is 1. The summed E-state index contributed by atoms with van der Waals surface area (Å²) in [5, 5.41) is 2.92. The summed E-state index contributed by atoms with van der Waals surface area (Å²) >= 11 is 0. The highest BCUT2D eigenvalue weighted by atomic mass is 16.5. The molecule has 1 aromatic rings. The van der Waals surface area contributed by atoms with Gasteiger partial charge in [0.2, 0.25) is 5.91 Å². The van der Waals surface area contributed by atoms with Crippen LogP contribution in [0.4, 0.5) is 5.69 Å². The number of hydrogen-bond donors (Lipinski definition) is 2. The molecule has 5 nitrogen and oxygen atoms in total. The Morgan fingerprint density at radius 2 is 1.86 bits per heavy atom. The summed E-state index contributed by atoms with van der Waals surface area (Å²) < 4.78 is 4.92. The second kappa shape index (κ2) is 6.81. The topological polar surface area (TPSA) is 81.4 Å². The average molecular weight is 304 g/mol. The number of carbonyl (C=O) groups is 2. The lowest BCUT2D eigenvalue weighted by Gasteiger charge is -2.37. The maximum Gasteiger partial charge on any atom is 0.331 e. The molecule has 0 bridgehead atoms. The zero-order chi connectivity index (χ0) is 16.2. The van der Waals surface area contributed by atoms with Crippen molar-refractivity contribution >= 4 is 17.6 Å². The van der Waals surface area contributed by atoms with Gasteiger partial charge in [0.1, 0.15) is 5.54 Å². The lowest BCUT2D eigenvalue weighted by atomic mass is 9.77. The van der Waals surface area contributed by atoms with E-state index >= 15 is 0 Å². The highest BCUT2D eigenvalue weighted by Crippen LogP contribution is 2.33. The summed E-state index contributed by atoms with van der Waals surface area (Å²) in [5.41, 5.74) is 6.30. The zero-order valence-corrected chi connectivity index (χ0v) is 13.2. The molecule has 0 saturated heterocycles. The van der Waals surface area contributed by atoms with Gasteiger partial charge < -0.3 is 15.8 Å². The predicted octanol–water partition coefficient (Wildman–Crippen LogP) is 2.05. The summed E-state index contributed by atoms with van der Waals surface area (Å²) in [4.78, 5) is 24.5. The maximum absolute atomic E-state index is 12.3. The van der Waals surface area contributed by atoms with Gasteiger partial charge in [-0.25, -0.2) is 4.79 Å². The van der Waals surface area contributed by atoms with Crippen LogP contribution in [0.2, 0.25) is 0 Å². The standard InChI is InChI=1S/C17H24N2O3/c1-12-7-9-17(10-8-12,16(21)22-2)19-15(20)11-13-3-5-14(18)6-4-13/h3-6,12H,7-11,18H2,1-2H3,(H,19,20). The van der Waals surface area contributed by atoms with Crippen molar-refractivity contribution in [1.82, 2.24) is 5.32 Å². The molecule has 1 saturated carbocycles. The SMILES string of the molecule is COC(=O)C1(NC(=O)Cc2ccc(N)cc2)CCC(C)CC1. The Hall–Kier alpha value is -2.04. The van der Waals surface area contributed by atoms with Crippen LogP contribution >= 0.6 is 0 Å². The summed E-state index contributed by atoms with van der Waals surface area (Å²) in [7, 11) is 1.37. The summed E-state index contributed by atoms with van der Waals surface area (Å²) in [6, 6.07) is 7.17. The number of nitrogens with two attached hydrogens (primary N) is 1. The van der Waals surface area contributed by atoms with Crippen LogP contribution in [0.1, 0.15) is 38.2 Å². The molecule has 0 unspecified atom stereocenters. The highest BCUT2D eigenvalue weighted by Gasteiger charge is 2.43. The van der Waals surface area contributed by atoms with Gasteiger partial charge in [0.05, 0.1) is 13.5 Å². The smallest absolute Gasteiger partial charge is 0.331 e. The first-order chi connectivity index (χ1) is 10.4. The lowest BCUT2D eigenvalue weighted by Crippen LogP contribution is -2.57. The fourth-order valence-corrected chi connectivity index (χ4v) is 2.96. The van der Waals surface area contributed by atoms with Gasteiger partial charge in [-0.2, -0.15) is 0 Å². The number of anilines is 1. The van der Waals surface area contributed by atoms with E-state index in [1.807, 2.05) is 12.1 Å². The van der Waals surface area contributed by atoms with Crippen molar-refractivity contribution < 1.29 is 14.3 Å². The molecular weight excluding hydrogens is 280 g/mol. The number of carbonyl (C=O) groups excluding carboxylic acids is 2. The molecule has 1 fully saturated rings. The summed E-state index contributed by atoms with van der Waals surface area (Å²) in [6.45, 7) is 2.16. The van der Waals surface area contributed by atoms with Crippen LogP contribution in [0.3, 0.4) is 0 Å².